The Labute approximate surface area is 247 Å². The number of rotatable bonds is 4. The van der Waals surface area contributed by atoms with Crippen LogP contribution in [-0.4, -0.2) is 0 Å². The van der Waals surface area contributed by atoms with E-state index in [0.717, 1.165) is 72.1 Å². The molecule has 0 fully saturated rings. The molecule has 0 N–H and O–H groups in total. The van der Waals surface area contributed by atoms with Crippen LogP contribution in [0.25, 0.3) is 65.8 Å². The quantitative estimate of drug-likeness (QED) is 0.218. The Morgan fingerprint density at radius 2 is 1.00 bits per heavy atom. The van der Waals surface area contributed by atoms with Crippen LogP contribution in [0.2, 0.25) is 0 Å². The molecule has 43 heavy (non-hydrogen) atoms. The number of nitrogens with zero attached hydrogens (tertiary/aromatic N) is 1. The van der Waals surface area contributed by atoms with Gasteiger partial charge in [-0.05, 0) is 41.3 Å². The standard InChI is InChI=1S/C40H25NO2/c1-2-13-26(14-3-1)28-18-6-9-21-33(28)41(34-22-12-16-27-15-4-5-17-29(27)34)35-25-32-30-19-7-10-23-36(30)42-39(32)40-38(35)31-20-8-11-24-37(31)43-40/h1-25H. The Balaban J connectivity index is 1.49. The van der Waals surface area contributed by atoms with Crippen molar-refractivity contribution in [2.75, 3.05) is 4.90 Å². The zero-order chi connectivity index (χ0) is 28.3. The third kappa shape index (κ3) is 3.62. The highest BCUT2D eigenvalue weighted by molar-refractivity contribution is 6.25. The van der Waals surface area contributed by atoms with E-state index < -0.39 is 0 Å². The number of para-hydroxylation sites is 3. The van der Waals surface area contributed by atoms with E-state index in [1.165, 1.54) is 10.8 Å². The number of benzene rings is 7. The summed E-state index contributed by atoms with van der Waals surface area (Å²) in [4.78, 5) is 2.41. The summed E-state index contributed by atoms with van der Waals surface area (Å²) in [7, 11) is 0. The molecule has 3 nitrogen and oxygen atoms in total. The van der Waals surface area contributed by atoms with E-state index in [4.69, 9.17) is 8.83 Å². The van der Waals surface area contributed by atoms with E-state index in [1.807, 2.05) is 24.3 Å². The molecule has 0 saturated heterocycles. The van der Waals surface area contributed by atoms with E-state index >= 15 is 0 Å². The van der Waals surface area contributed by atoms with Gasteiger partial charge in [0.1, 0.15) is 11.2 Å². The lowest BCUT2D eigenvalue weighted by Crippen LogP contribution is -2.12. The minimum absolute atomic E-state index is 0.757. The van der Waals surface area contributed by atoms with E-state index in [9.17, 15) is 0 Å². The van der Waals surface area contributed by atoms with Crippen molar-refractivity contribution in [2.24, 2.45) is 0 Å². The SMILES string of the molecule is c1ccc(-c2ccccc2N(c2cccc3ccccc23)c2cc3c4ccccc4oc3c3oc4ccccc4c23)cc1. The molecule has 0 spiro atoms. The number of furan rings is 2. The Hall–Kier alpha value is -5.80. The summed E-state index contributed by atoms with van der Waals surface area (Å²) in [6.45, 7) is 0. The average molecular weight is 552 g/mol. The molecule has 0 radical (unpaired) electrons. The molecule has 2 heterocycles. The smallest absolute Gasteiger partial charge is 0.180 e. The van der Waals surface area contributed by atoms with Crippen LogP contribution in [0, 0.1) is 0 Å². The lowest BCUT2D eigenvalue weighted by atomic mass is 9.99. The molecule has 0 atom stereocenters. The van der Waals surface area contributed by atoms with Crippen LogP contribution in [0.1, 0.15) is 0 Å². The van der Waals surface area contributed by atoms with Gasteiger partial charge in [-0.1, -0.05) is 121 Å². The molecule has 0 amide bonds. The van der Waals surface area contributed by atoms with Gasteiger partial charge in [0.05, 0.1) is 22.4 Å². The van der Waals surface area contributed by atoms with Gasteiger partial charge < -0.3 is 13.7 Å². The minimum atomic E-state index is 0.757. The van der Waals surface area contributed by atoms with Crippen LogP contribution in [0.4, 0.5) is 17.1 Å². The molecule has 202 valence electrons. The average Bonchev–Trinajstić information content (AvgIpc) is 3.65. The van der Waals surface area contributed by atoms with Crippen molar-refractivity contribution >= 4 is 71.7 Å². The molecule has 0 aliphatic carbocycles. The summed E-state index contributed by atoms with van der Waals surface area (Å²) in [6, 6.07) is 53.2. The minimum Gasteiger partial charge on any atom is -0.452 e. The molecule has 0 aliphatic rings. The third-order valence-electron chi connectivity index (χ3n) is 8.45. The molecule has 0 bridgehead atoms. The summed E-state index contributed by atoms with van der Waals surface area (Å²) < 4.78 is 13.1. The highest BCUT2D eigenvalue weighted by Crippen LogP contribution is 2.50. The van der Waals surface area contributed by atoms with Gasteiger partial charge in [-0.2, -0.15) is 0 Å². The molecule has 9 rings (SSSR count). The predicted octanol–water partition coefficient (Wildman–Crippen LogP) is 11.8. The topological polar surface area (TPSA) is 29.5 Å². The van der Waals surface area contributed by atoms with Crippen molar-refractivity contribution in [3.63, 3.8) is 0 Å². The van der Waals surface area contributed by atoms with Crippen LogP contribution in [0.15, 0.2) is 160 Å². The molecular formula is C40H25NO2. The molecule has 9 aromatic rings. The highest BCUT2D eigenvalue weighted by atomic mass is 16.4. The van der Waals surface area contributed by atoms with Crippen LogP contribution in [0.3, 0.4) is 0 Å². The zero-order valence-corrected chi connectivity index (χ0v) is 23.2. The molecule has 0 aliphatic heterocycles. The molecule has 2 aromatic heterocycles. The first-order valence-corrected chi connectivity index (χ1v) is 14.5. The van der Waals surface area contributed by atoms with Gasteiger partial charge in [0.2, 0.25) is 0 Å². The Morgan fingerprint density at radius 1 is 0.395 bits per heavy atom. The van der Waals surface area contributed by atoms with Crippen molar-refractivity contribution in [1.82, 2.24) is 0 Å². The number of anilines is 3. The van der Waals surface area contributed by atoms with E-state index in [-0.39, 0.29) is 0 Å². The number of hydrogen-bond donors (Lipinski definition) is 0. The molecule has 0 saturated carbocycles. The molecular weight excluding hydrogens is 526 g/mol. The highest BCUT2D eigenvalue weighted by Gasteiger charge is 2.26. The lowest BCUT2D eigenvalue weighted by Gasteiger charge is -2.29. The van der Waals surface area contributed by atoms with Gasteiger partial charge in [-0.25, -0.2) is 0 Å². The fraction of sp³-hybridized carbons (Fsp3) is 0. The Morgan fingerprint density at radius 3 is 1.86 bits per heavy atom. The monoisotopic (exact) mass is 551 g/mol. The van der Waals surface area contributed by atoms with E-state index in [1.54, 1.807) is 0 Å². The van der Waals surface area contributed by atoms with Crippen molar-refractivity contribution < 1.29 is 8.83 Å². The maximum Gasteiger partial charge on any atom is 0.180 e. The van der Waals surface area contributed by atoms with Gasteiger partial charge in [0, 0.05) is 27.1 Å². The molecule has 3 heteroatoms. The Kier molecular flexibility index (Phi) is 5.20. The third-order valence-corrected chi connectivity index (χ3v) is 8.45. The Bertz CT molecular complexity index is 2460. The van der Waals surface area contributed by atoms with Gasteiger partial charge >= 0.3 is 0 Å². The summed E-state index contributed by atoms with van der Waals surface area (Å²) in [5.74, 6) is 0. The van der Waals surface area contributed by atoms with E-state index in [0.29, 0.717) is 0 Å². The fourth-order valence-electron chi connectivity index (χ4n) is 6.55. The second-order valence-electron chi connectivity index (χ2n) is 10.9. The first-order valence-electron chi connectivity index (χ1n) is 14.5. The number of hydrogen-bond acceptors (Lipinski definition) is 3. The zero-order valence-electron chi connectivity index (χ0n) is 23.2. The lowest BCUT2D eigenvalue weighted by molar-refractivity contribution is 0.633. The maximum absolute atomic E-state index is 6.64. The van der Waals surface area contributed by atoms with Crippen molar-refractivity contribution in [3.8, 4) is 11.1 Å². The van der Waals surface area contributed by atoms with Crippen LogP contribution < -0.4 is 4.90 Å². The molecule has 0 unspecified atom stereocenters. The van der Waals surface area contributed by atoms with Crippen molar-refractivity contribution in [1.29, 1.82) is 0 Å². The summed E-state index contributed by atoms with van der Waals surface area (Å²) in [5.41, 5.74) is 8.74. The molecule has 7 aromatic carbocycles. The van der Waals surface area contributed by atoms with Crippen LogP contribution >= 0.6 is 0 Å². The normalized spacial score (nSPS) is 11.7. The van der Waals surface area contributed by atoms with Gasteiger partial charge in [-0.15, -0.1) is 0 Å². The largest absolute Gasteiger partial charge is 0.452 e. The van der Waals surface area contributed by atoms with Crippen molar-refractivity contribution in [2.45, 2.75) is 0 Å². The predicted molar refractivity (Wildman–Crippen MR) is 179 cm³/mol. The van der Waals surface area contributed by atoms with Gasteiger partial charge in [-0.3, -0.25) is 0 Å². The second-order valence-corrected chi connectivity index (χ2v) is 10.9. The summed E-state index contributed by atoms with van der Waals surface area (Å²) in [6.07, 6.45) is 0. The number of fused-ring (bicyclic) bond motifs is 8. The first-order chi connectivity index (χ1) is 21.3. The van der Waals surface area contributed by atoms with Gasteiger partial charge in [0.25, 0.3) is 0 Å². The second kappa shape index (κ2) is 9.37. The van der Waals surface area contributed by atoms with Crippen LogP contribution in [0.5, 0.6) is 0 Å². The summed E-state index contributed by atoms with van der Waals surface area (Å²) in [5, 5.41) is 6.53. The van der Waals surface area contributed by atoms with Crippen molar-refractivity contribution in [3.05, 3.63) is 152 Å². The fourth-order valence-corrected chi connectivity index (χ4v) is 6.55. The first kappa shape index (κ1) is 23.9. The summed E-state index contributed by atoms with van der Waals surface area (Å²) >= 11 is 0. The van der Waals surface area contributed by atoms with Gasteiger partial charge in [0.15, 0.2) is 11.2 Å². The van der Waals surface area contributed by atoms with Crippen LogP contribution in [-0.2, 0) is 0 Å². The maximum atomic E-state index is 6.64. The van der Waals surface area contributed by atoms with E-state index in [2.05, 4.69) is 132 Å².